The number of primary amides is 2. The molecule has 45 nitrogen and oxygen atoms in total. The topological polar surface area (TPSA) is 679 Å². The highest BCUT2D eigenvalue weighted by Crippen LogP contribution is 2.28. The second kappa shape index (κ2) is 51.5. The number of aliphatic hydroxyl groups excluding tert-OH is 1. The Bertz CT molecular complexity index is 5310. The van der Waals surface area contributed by atoms with Gasteiger partial charge in [0, 0.05) is 125 Å². The molecule has 14 atom stereocenters. The molecule has 24 N–H and O–H groups in total. The molecule has 0 unspecified atom stereocenters. The third-order valence-corrected chi connectivity index (χ3v) is 25.5. The fraction of sp³-hybridized carbons (Fsp3) is 0.516. The number of carbonyl (C=O) groups excluding carboxylic acids is 17. The summed E-state index contributed by atoms with van der Waals surface area (Å²) in [5, 5.41) is 69.5. The molecule has 0 saturated carbocycles. The summed E-state index contributed by atoms with van der Waals surface area (Å²) in [6.45, 7) is 2.82. The Morgan fingerprint density at radius 2 is 1.03 bits per heavy atom. The maximum atomic E-state index is 15.8. The van der Waals surface area contributed by atoms with Crippen LogP contribution in [0.25, 0.3) is 21.8 Å². The van der Waals surface area contributed by atoms with Crippen LogP contribution in [0.3, 0.4) is 0 Å². The summed E-state index contributed by atoms with van der Waals surface area (Å²) in [6.07, 6.45) is 4.71. The number of hydrogen-bond acceptors (Lipinski definition) is 23. The molecule has 9 rings (SSSR count). The minimum absolute atomic E-state index is 0.00803. The number of phenolic OH excluding ortho intramolecular Hbond substituents is 1. The van der Waals surface area contributed by atoms with Gasteiger partial charge in [-0.05, 0) is 106 Å². The summed E-state index contributed by atoms with van der Waals surface area (Å²) in [7, 11) is 3.89. The van der Waals surface area contributed by atoms with E-state index in [0.29, 0.717) is 70.6 Å². The Balaban J connectivity index is 1.10. The highest BCUT2D eigenvalue weighted by Gasteiger charge is 2.46. The average molecular weight is 1920 g/mol. The van der Waals surface area contributed by atoms with Crippen molar-refractivity contribution in [2.24, 2.45) is 17.2 Å². The zero-order chi connectivity index (χ0) is 99.9. The first-order valence-corrected chi connectivity index (χ1v) is 46.9. The largest absolute Gasteiger partial charge is 0.508 e. The second-order valence-electron chi connectivity index (χ2n) is 34.4. The van der Waals surface area contributed by atoms with E-state index in [0.717, 1.165) is 36.3 Å². The van der Waals surface area contributed by atoms with Gasteiger partial charge < -0.3 is 130 Å². The van der Waals surface area contributed by atoms with E-state index in [4.69, 9.17) is 22.6 Å². The van der Waals surface area contributed by atoms with E-state index in [9.17, 15) is 63.3 Å². The number of amides is 17. The number of nitrogens with two attached hydrogens (primary N) is 3. The normalized spacial score (nSPS) is 23.9. The fourth-order valence-electron chi connectivity index (χ4n) is 16.8. The van der Waals surface area contributed by atoms with Gasteiger partial charge in [-0.25, -0.2) is 4.98 Å². The first-order chi connectivity index (χ1) is 65.4. The molecule has 0 aliphatic carbocycles. The van der Waals surface area contributed by atoms with Gasteiger partial charge >= 0.3 is 5.97 Å². The molecule has 3 saturated heterocycles. The molecule has 0 bridgehead atoms. The predicted molar refractivity (Wildman–Crippen MR) is 500 cm³/mol. The number of aliphatic hydroxyl groups is 1. The van der Waals surface area contributed by atoms with Crippen molar-refractivity contribution in [3.05, 3.63) is 120 Å². The number of aliphatic carboxylic acids is 1. The Morgan fingerprint density at radius 3 is 1.60 bits per heavy atom. The SMILES string of the molecule is CCCCC[C@H]1C(=O)N(C)[C@@H](CCCC)C(=O)N[C@@H](CCCNC(=N)N)C(=O)N[C@H](C(=O)NCC(N)=O)CSCC(=O)N[C@@H](Cc2ccc(O)cc2)C(=O)N(C)[C@@H](C)C(=O)N[C@@H](CC(N)=O)C(=O)N2CCC[C@H]2C(=O)N[C@@H](Cc2cnc[nH]2)C(=O)N[C@@H](CCC(=O)O)C(=O)N2CCC[C@H]2C(=O)N[C@@H](Cc2c[nH]c3ccccc23)C(=O)N[C@@H](CO)C(=O)N[C@@H](Cc2c[nH]c3ccccc23)C(=O)N1C. The molecule has 17 amide bonds. The Kier molecular flexibility index (Phi) is 40.0. The number of carboxylic acid groups (broad SMARTS) is 1. The van der Waals surface area contributed by atoms with Crippen LogP contribution in [0.1, 0.15) is 146 Å². The number of imidazole rings is 1. The number of thioether (sulfide) groups is 1. The quantitative estimate of drug-likeness (QED) is 0.0135. The number of aromatic nitrogens is 4. The van der Waals surface area contributed by atoms with Crippen molar-refractivity contribution in [2.45, 2.75) is 234 Å². The van der Waals surface area contributed by atoms with Crippen molar-refractivity contribution in [2.75, 3.05) is 65.4 Å². The van der Waals surface area contributed by atoms with E-state index in [1.807, 2.05) is 13.8 Å². The van der Waals surface area contributed by atoms with Crippen molar-refractivity contribution < 1.29 is 102 Å². The zero-order valence-electron chi connectivity index (χ0n) is 77.4. The number of nitrogens with one attached hydrogen (secondary N) is 15. The van der Waals surface area contributed by atoms with E-state index >= 15 is 38.4 Å². The molecule has 0 spiro atoms. The Labute approximate surface area is 794 Å². The number of H-pyrrole nitrogens is 3. The summed E-state index contributed by atoms with van der Waals surface area (Å²) in [5.74, 6) is -19.5. The number of phenols is 1. The maximum absolute atomic E-state index is 15.8. The van der Waals surface area contributed by atoms with Crippen molar-refractivity contribution >= 4 is 146 Å². The fourth-order valence-corrected chi connectivity index (χ4v) is 17.7. The van der Waals surface area contributed by atoms with Gasteiger partial charge in [-0.3, -0.25) is 91.7 Å². The van der Waals surface area contributed by atoms with Gasteiger partial charge in [-0.1, -0.05) is 94.5 Å². The molecular weight excluding hydrogens is 1800 g/mol. The molecular formula is C91H126N24O21S. The van der Waals surface area contributed by atoms with Crippen molar-refractivity contribution in [3.8, 4) is 5.75 Å². The number of aromatic hydroxyl groups is 1. The van der Waals surface area contributed by atoms with E-state index in [-0.39, 0.29) is 108 Å². The van der Waals surface area contributed by atoms with Crippen LogP contribution >= 0.6 is 11.8 Å². The maximum Gasteiger partial charge on any atom is 0.303 e. The summed E-state index contributed by atoms with van der Waals surface area (Å²) >= 11 is 0.752. The minimum Gasteiger partial charge on any atom is -0.508 e. The minimum atomic E-state index is -1.90. The zero-order valence-corrected chi connectivity index (χ0v) is 78.2. The van der Waals surface area contributed by atoms with Crippen LogP contribution in [0.5, 0.6) is 5.75 Å². The van der Waals surface area contributed by atoms with Gasteiger partial charge in [0.2, 0.25) is 100 Å². The molecule has 6 aromatic rings. The lowest BCUT2D eigenvalue weighted by Crippen LogP contribution is -2.62. The van der Waals surface area contributed by atoms with Crippen LogP contribution in [0.4, 0.5) is 0 Å². The molecule has 742 valence electrons. The number of likely N-dealkylation sites (N-methyl/N-ethyl adjacent to an activating group) is 3. The van der Waals surface area contributed by atoms with E-state index < -0.39 is 241 Å². The summed E-state index contributed by atoms with van der Waals surface area (Å²) in [6, 6.07) is -2.70. The van der Waals surface area contributed by atoms with E-state index in [1.165, 1.54) is 64.9 Å². The average Bonchev–Trinajstić information content (AvgIpc) is 1.58. The summed E-state index contributed by atoms with van der Waals surface area (Å²) in [4.78, 5) is 282. The third kappa shape index (κ3) is 30.1. The highest BCUT2D eigenvalue weighted by molar-refractivity contribution is 8.00. The monoisotopic (exact) mass is 1920 g/mol. The number of nitrogens with zero attached hydrogens (tertiary/aromatic N) is 6. The van der Waals surface area contributed by atoms with Crippen LogP contribution in [-0.4, -0.2) is 322 Å². The van der Waals surface area contributed by atoms with Crippen LogP contribution in [-0.2, 0) is 112 Å². The molecule has 3 aromatic heterocycles. The number of carboxylic acids is 1. The second-order valence-corrected chi connectivity index (χ2v) is 35.5. The lowest BCUT2D eigenvalue weighted by Gasteiger charge is -2.36. The summed E-state index contributed by atoms with van der Waals surface area (Å²) in [5.41, 5.74) is 19.7. The number of guanidine groups is 1. The van der Waals surface area contributed by atoms with Gasteiger partial charge in [0.15, 0.2) is 5.96 Å². The van der Waals surface area contributed by atoms with E-state index in [2.05, 4.69) is 78.4 Å². The standard InChI is InChI=1S/C91H126N24O21S/c1-7-9-11-25-72-90(136)112(5)69(24-10-8-2)83(129)103-60(23-16-34-97-91(94)95)79(125)110-68(78(124)100-45-74(93)119)47-137-48-75(120)102-64(37-51-28-30-55(117)31-29-51)86(132)111(4)50(3)77(123)107-66(41-73(92)118)89(135)115-36-18-27-71(115)85(131)106-63(40-54-44-96-49-101-54)81(127)104-61(32-33-76(121)122)88(134)114-35-17-26-70(114)84(130)105-62(38-52-42-98-58-21-14-12-19-56(52)58)80(126)109-67(46-116)82(128)108-65(87(133)113(72)6)39-53-43-99-59-22-15-13-20-57(53)59/h12-15,19-22,28-31,42-44,49-50,60-72,98-99,116-117H,7-11,16-18,23-27,32-41,45-48H2,1-6H3,(H2,92,118)(H2,93,119)(H,96,101)(H,100,124)(H,102,120)(H,103,129)(H,104,127)(H,105,130)(H,106,131)(H,107,123)(H,108,128)(H,109,126)(H,110,125)(H,121,122)(H4,94,95,97)/t50-,60-,61-,62-,63-,64-,65-,66-,67-,68-,69-,70-,71-,72-/m0/s1. The number of unbranched alkanes of at least 4 members (excludes halogenated alkanes) is 3. The predicted octanol–water partition coefficient (Wildman–Crippen LogP) is -2.69. The number of rotatable bonds is 28. The number of fused-ring (bicyclic) bond motifs is 4. The van der Waals surface area contributed by atoms with Crippen LogP contribution in [0, 0.1) is 5.41 Å². The Hall–Kier alpha value is -14.2. The molecule has 3 aromatic carbocycles. The van der Waals surface area contributed by atoms with E-state index in [1.54, 1.807) is 60.9 Å². The molecule has 137 heavy (non-hydrogen) atoms. The van der Waals surface area contributed by atoms with Crippen LogP contribution < -0.4 is 75.7 Å². The molecule has 0 radical (unpaired) electrons. The first-order valence-electron chi connectivity index (χ1n) is 45.7. The van der Waals surface area contributed by atoms with Gasteiger partial charge in [-0.2, -0.15) is 0 Å². The smallest absolute Gasteiger partial charge is 0.303 e. The number of hydrogen-bond donors (Lipinski definition) is 21. The lowest BCUT2D eigenvalue weighted by atomic mass is 9.99. The Morgan fingerprint density at radius 1 is 0.511 bits per heavy atom. The van der Waals surface area contributed by atoms with Crippen LogP contribution in [0.15, 0.2) is 97.7 Å². The highest BCUT2D eigenvalue weighted by atomic mass is 32.2. The molecule has 3 aliphatic rings. The van der Waals surface area contributed by atoms with Crippen molar-refractivity contribution in [3.63, 3.8) is 0 Å². The third-order valence-electron chi connectivity index (χ3n) is 24.5. The lowest BCUT2D eigenvalue weighted by molar-refractivity contribution is -0.149. The summed E-state index contributed by atoms with van der Waals surface area (Å²) < 4.78 is 0. The van der Waals surface area contributed by atoms with Gasteiger partial charge in [-0.15, -0.1) is 11.8 Å². The van der Waals surface area contributed by atoms with Crippen LogP contribution in [0.2, 0.25) is 0 Å². The number of carbonyl (C=O) groups is 18. The molecule has 46 heteroatoms. The number of aromatic amines is 3. The van der Waals surface area contributed by atoms with Gasteiger partial charge in [0.25, 0.3) is 0 Å². The van der Waals surface area contributed by atoms with Gasteiger partial charge in [0.1, 0.15) is 90.3 Å². The molecule has 6 heterocycles. The van der Waals surface area contributed by atoms with Crippen molar-refractivity contribution in [1.29, 1.82) is 5.41 Å². The van der Waals surface area contributed by atoms with Crippen molar-refractivity contribution in [1.82, 2.24) is 103 Å². The first kappa shape index (κ1) is 106. The number of para-hydroxylation sites is 2. The number of benzene rings is 3. The molecule has 3 fully saturated rings. The van der Waals surface area contributed by atoms with Gasteiger partial charge in [0.05, 0.1) is 31.7 Å². The molecule has 3 aliphatic heterocycles.